The van der Waals surface area contributed by atoms with Gasteiger partial charge in [0.25, 0.3) is 0 Å². The van der Waals surface area contributed by atoms with E-state index >= 15 is 0 Å². The van der Waals surface area contributed by atoms with E-state index in [4.69, 9.17) is 0 Å². The third-order valence-corrected chi connectivity index (χ3v) is 2.70. The second-order valence-corrected chi connectivity index (χ2v) is 3.97. The quantitative estimate of drug-likeness (QED) is 0.578. The van der Waals surface area contributed by atoms with Gasteiger partial charge < -0.3 is 0 Å². The Balaban J connectivity index is 2.60. The largest absolute Gasteiger partial charge is 0.203 e. The van der Waals surface area contributed by atoms with Crippen LogP contribution in [-0.2, 0) is 12.8 Å². The normalized spacial score (nSPS) is 20.5. The number of benzene rings is 1. The van der Waals surface area contributed by atoms with Crippen LogP contribution in [0.1, 0.15) is 23.6 Å². The van der Waals surface area contributed by atoms with Crippen molar-refractivity contribution >= 4 is 0 Å². The Labute approximate surface area is 76.6 Å². The van der Waals surface area contributed by atoms with Gasteiger partial charge in [-0.1, -0.05) is 13.0 Å². The first kappa shape index (κ1) is 8.67. The topological polar surface area (TPSA) is 0 Å². The fraction of sp³-hybridized carbons (Fsp3) is 0.455. The van der Waals surface area contributed by atoms with E-state index in [1.165, 1.54) is 0 Å². The van der Waals surface area contributed by atoms with Crippen molar-refractivity contribution in [1.29, 1.82) is 0 Å². The summed E-state index contributed by atoms with van der Waals surface area (Å²) in [5.41, 5.74) is 2.00. The van der Waals surface area contributed by atoms with Crippen LogP contribution in [-0.4, -0.2) is 0 Å². The number of halogens is 2. The van der Waals surface area contributed by atoms with Gasteiger partial charge in [-0.2, -0.15) is 0 Å². The van der Waals surface area contributed by atoms with Crippen LogP contribution in [0, 0.1) is 24.5 Å². The lowest BCUT2D eigenvalue weighted by atomic mass is 10.1. The molecule has 1 aliphatic carbocycles. The minimum atomic E-state index is -0.673. The molecule has 0 fully saturated rings. The second kappa shape index (κ2) is 2.79. The summed E-state index contributed by atoms with van der Waals surface area (Å²) in [5.74, 6) is -0.849. The molecule has 0 aromatic heterocycles. The van der Waals surface area contributed by atoms with Crippen molar-refractivity contribution in [3.05, 3.63) is 34.4 Å². The Morgan fingerprint density at radius 1 is 1.23 bits per heavy atom. The average molecular weight is 182 g/mol. The van der Waals surface area contributed by atoms with Crippen LogP contribution in [0.4, 0.5) is 8.78 Å². The molecule has 2 heteroatoms. The van der Waals surface area contributed by atoms with Gasteiger partial charge in [-0.3, -0.25) is 0 Å². The van der Waals surface area contributed by atoms with Crippen LogP contribution in [0.3, 0.4) is 0 Å². The minimum absolute atomic E-state index is 0.422. The molecule has 0 saturated heterocycles. The van der Waals surface area contributed by atoms with Gasteiger partial charge in [-0.05, 0) is 42.4 Å². The van der Waals surface area contributed by atoms with Crippen molar-refractivity contribution in [3.8, 4) is 0 Å². The molecule has 0 N–H and O–H groups in total. The molecule has 1 aromatic carbocycles. The highest BCUT2D eigenvalue weighted by atomic mass is 19.2. The number of rotatable bonds is 0. The van der Waals surface area contributed by atoms with Gasteiger partial charge in [0.15, 0.2) is 11.6 Å². The Kier molecular flexibility index (Phi) is 1.86. The summed E-state index contributed by atoms with van der Waals surface area (Å²) in [6.07, 6.45) is 1.56. The Hall–Kier alpha value is -0.920. The molecule has 70 valence electrons. The van der Waals surface area contributed by atoms with E-state index < -0.39 is 11.6 Å². The van der Waals surface area contributed by atoms with Crippen LogP contribution in [0.5, 0.6) is 0 Å². The van der Waals surface area contributed by atoms with Crippen molar-refractivity contribution in [3.63, 3.8) is 0 Å². The first-order chi connectivity index (χ1) is 6.09. The van der Waals surface area contributed by atoms with Crippen molar-refractivity contribution in [2.75, 3.05) is 0 Å². The molecule has 0 spiro atoms. The zero-order chi connectivity index (χ0) is 9.59. The highest BCUT2D eigenvalue weighted by Gasteiger charge is 2.24. The van der Waals surface area contributed by atoms with Gasteiger partial charge in [-0.25, -0.2) is 8.78 Å². The van der Waals surface area contributed by atoms with Gasteiger partial charge in [0, 0.05) is 0 Å². The molecule has 0 nitrogen and oxygen atoms in total. The van der Waals surface area contributed by atoms with Crippen LogP contribution in [0.15, 0.2) is 6.07 Å². The number of fused-ring (bicyclic) bond motifs is 1. The predicted octanol–water partition coefficient (Wildman–Crippen LogP) is 3.01. The van der Waals surface area contributed by atoms with E-state index in [1.807, 2.05) is 0 Å². The van der Waals surface area contributed by atoms with E-state index in [0.717, 1.165) is 12.0 Å². The monoisotopic (exact) mass is 182 g/mol. The van der Waals surface area contributed by atoms with Crippen LogP contribution < -0.4 is 0 Å². The second-order valence-electron chi connectivity index (χ2n) is 3.97. The molecule has 0 bridgehead atoms. The highest BCUT2D eigenvalue weighted by molar-refractivity contribution is 5.37. The van der Waals surface area contributed by atoms with Gasteiger partial charge in [0.05, 0.1) is 0 Å². The lowest BCUT2D eigenvalue weighted by molar-refractivity contribution is 0.492. The smallest absolute Gasteiger partial charge is 0.162 e. The third-order valence-electron chi connectivity index (χ3n) is 2.70. The predicted molar refractivity (Wildman–Crippen MR) is 47.7 cm³/mol. The minimum Gasteiger partial charge on any atom is -0.203 e. The maximum absolute atomic E-state index is 13.4. The molecular weight excluding hydrogens is 170 g/mol. The lowest BCUT2D eigenvalue weighted by Crippen LogP contribution is -1.97. The van der Waals surface area contributed by atoms with E-state index in [-0.39, 0.29) is 0 Å². The van der Waals surface area contributed by atoms with Crippen molar-refractivity contribution in [2.45, 2.75) is 26.7 Å². The summed E-state index contributed by atoms with van der Waals surface area (Å²) in [5, 5.41) is 0. The standard InChI is InChI=1S/C11H12F2/c1-6-3-8-5-7(2)10(12)11(13)9(8)4-6/h5-6H,3-4H2,1-2H3. The maximum Gasteiger partial charge on any atom is 0.162 e. The molecule has 2 rings (SSSR count). The summed E-state index contributed by atoms with van der Waals surface area (Å²) < 4.78 is 26.5. The fourth-order valence-electron chi connectivity index (χ4n) is 2.06. The molecule has 1 aromatic rings. The summed E-state index contributed by atoms with van der Waals surface area (Å²) in [6.45, 7) is 3.67. The Bertz CT molecular complexity index is 356. The van der Waals surface area contributed by atoms with Crippen molar-refractivity contribution < 1.29 is 8.78 Å². The first-order valence-electron chi connectivity index (χ1n) is 4.56. The molecule has 1 atom stereocenters. The van der Waals surface area contributed by atoms with Gasteiger partial charge in [-0.15, -0.1) is 0 Å². The molecule has 1 aliphatic rings. The molecule has 0 aliphatic heterocycles. The zero-order valence-corrected chi connectivity index (χ0v) is 7.82. The molecule has 0 saturated carbocycles. The van der Waals surface area contributed by atoms with Gasteiger partial charge >= 0.3 is 0 Å². The number of aryl methyl sites for hydroxylation is 1. The summed E-state index contributed by atoms with van der Waals surface area (Å²) >= 11 is 0. The zero-order valence-electron chi connectivity index (χ0n) is 7.82. The lowest BCUT2D eigenvalue weighted by Gasteiger charge is -2.04. The fourth-order valence-corrected chi connectivity index (χ4v) is 2.06. The van der Waals surface area contributed by atoms with Crippen LogP contribution >= 0.6 is 0 Å². The molecule has 13 heavy (non-hydrogen) atoms. The molecule has 1 unspecified atom stereocenters. The summed E-state index contributed by atoms with van der Waals surface area (Å²) in [7, 11) is 0. The number of hydrogen-bond acceptors (Lipinski definition) is 0. The highest BCUT2D eigenvalue weighted by Crippen LogP contribution is 2.31. The molecule has 0 amide bonds. The van der Waals surface area contributed by atoms with E-state index in [9.17, 15) is 8.78 Å². The van der Waals surface area contributed by atoms with Gasteiger partial charge in [0.1, 0.15) is 0 Å². The van der Waals surface area contributed by atoms with E-state index in [1.54, 1.807) is 13.0 Å². The SMILES string of the molecule is Cc1cc2c(c(F)c1F)CC(C)C2. The summed E-state index contributed by atoms with van der Waals surface area (Å²) in [4.78, 5) is 0. The Morgan fingerprint density at radius 2 is 1.92 bits per heavy atom. The first-order valence-corrected chi connectivity index (χ1v) is 4.56. The molecular formula is C11H12F2. The maximum atomic E-state index is 13.4. The van der Waals surface area contributed by atoms with E-state index in [0.29, 0.717) is 23.5 Å². The number of hydrogen-bond donors (Lipinski definition) is 0. The van der Waals surface area contributed by atoms with Gasteiger partial charge in [0.2, 0.25) is 0 Å². The average Bonchev–Trinajstić information content (AvgIpc) is 2.42. The molecule has 0 heterocycles. The van der Waals surface area contributed by atoms with Crippen LogP contribution in [0.2, 0.25) is 0 Å². The van der Waals surface area contributed by atoms with Crippen molar-refractivity contribution in [2.24, 2.45) is 5.92 Å². The van der Waals surface area contributed by atoms with Crippen molar-refractivity contribution in [1.82, 2.24) is 0 Å². The van der Waals surface area contributed by atoms with E-state index in [2.05, 4.69) is 6.92 Å². The Morgan fingerprint density at radius 3 is 2.62 bits per heavy atom. The molecule has 0 radical (unpaired) electrons. The third kappa shape index (κ3) is 1.25. The summed E-state index contributed by atoms with van der Waals surface area (Å²) in [6, 6.07) is 1.78. The van der Waals surface area contributed by atoms with Crippen LogP contribution in [0.25, 0.3) is 0 Å².